The summed E-state index contributed by atoms with van der Waals surface area (Å²) in [5.41, 5.74) is 1.02. The second-order valence-electron chi connectivity index (χ2n) is 5.42. The van der Waals surface area contributed by atoms with E-state index >= 15 is 0 Å². The summed E-state index contributed by atoms with van der Waals surface area (Å²) in [4.78, 5) is 10.9. The average molecular weight is 300 g/mol. The number of alkyl halides is 3. The van der Waals surface area contributed by atoms with E-state index in [1.807, 2.05) is 11.4 Å². The Bertz CT molecular complexity index is 502. The Hall–Kier alpha value is -1.56. The van der Waals surface area contributed by atoms with E-state index in [-0.39, 0.29) is 5.69 Å². The molecule has 1 fully saturated rings. The van der Waals surface area contributed by atoms with E-state index in [9.17, 15) is 18.0 Å². The number of hydrogen-bond donors (Lipinski definition) is 2. The van der Waals surface area contributed by atoms with Gasteiger partial charge in [-0.1, -0.05) is 25.5 Å². The van der Waals surface area contributed by atoms with Crippen LogP contribution in [0.1, 0.15) is 31.7 Å². The van der Waals surface area contributed by atoms with Crippen LogP contribution in [0.25, 0.3) is 0 Å². The Balaban J connectivity index is 1.85. The van der Waals surface area contributed by atoms with Crippen molar-refractivity contribution < 1.29 is 18.0 Å². The molecule has 116 valence electrons. The van der Waals surface area contributed by atoms with Crippen molar-refractivity contribution in [2.75, 3.05) is 5.32 Å². The monoisotopic (exact) mass is 300 g/mol. The summed E-state index contributed by atoms with van der Waals surface area (Å²) < 4.78 is 36.6. The highest BCUT2D eigenvalue weighted by molar-refractivity contribution is 5.94. The van der Waals surface area contributed by atoms with E-state index in [0.717, 1.165) is 11.5 Å². The first-order chi connectivity index (χ1) is 9.90. The standard InChI is InChI=1S/C15H19F3N2O/c1-2-4-11-8-13(11)19-9-10-5-3-6-12(7-10)20-14(21)15(16,17)18/h3,5-7,11,13,19H,2,4,8-9H2,1H3,(H,20,21). The fraction of sp³-hybridized carbons (Fsp3) is 0.533. The maximum atomic E-state index is 12.2. The van der Waals surface area contributed by atoms with Gasteiger partial charge in [-0.3, -0.25) is 4.79 Å². The van der Waals surface area contributed by atoms with Crippen molar-refractivity contribution in [3.63, 3.8) is 0 Å². The Morgan fingerprint density at radius 2 is 2.14 bits per heavy atom. The molecule has 1 saturated carbocycles. The minimum absolute atomic E-state index is 0.164. The molecule has 0 aliphatic heterocycles. The number of carbonyl (C=O) groups excluding carboxylic acids is 1. The lowest BCUT2D eigenvalue weighted by molar-refractivity contribution is -0.167. The van der Waals surface area contributed by atoms with Crippen LogP contribution >= 0.6 is 0 Å². The molecule has 2 atom stereocenters. The molecule has 0 saturated heterocycles. The van der Waals surface area contributed by atoms with E-state index in [4.69, 9.17) is 0 Å². The molecule has 3 nitrogen and oxygen atoms in total. The Kier molecular flexibility index (Phi) is 4.88. The number of anilines is 1. The molecule has 1 aromatic carbocycles. The average Bonchev–Trinajstić information content (AvgIpc) is 3.15. The summed E-state index contributed by atoms with van der Waals surface area (Å²) in [7, 11) is 0. The first kappa shape index (κ1) is 15.8. The van der Waals surface area contributed by atoms with E-state index < -0.39 is 12.1 Å². The summed E-state index contributed by atoms with van der Waals surface area (Å²) in [5.74, 6) is -1.22. The minimum atomic E-state index is -4.87. The quantitative estimate of drug-likeness (QED) is 0.844. The minimum Gasteiger partial charge on any atom is -0.318 e. The molecule has 0 bridgehead atoms. The smallest absolute Gasteiger partial charge is 0.318 e. The van der Waals surface area contributed by atoms with Gasteiger partial charge >= 0.3 is 12.1 Å². The van der Waals surface area contributed by atoms with Gasteiger partial charge < -0.3 is 10.6 Å². The molecule has 0 heterocycles. The van der Waals surface area contributed by atoms with E-state index in [1.165, 1.54) is 25.3 Å². The molecular weight excluding hydrogens is 281 g/mol. The lowest BCUT2D eigenvalue weighted by Crippen LogP contribution is -2.30. The number of benzene rings is 1. The highest BCUT2D eigenvalue weighted by Gasteiger charge is 2.38. The first-order valence-corrected chi connectivity index (χ1v) is 7.10. The third kappa shape index (κ3) is 4.74. The third-order valence-electron chi connectivity index (χ3n) is 3.59. The van der Waals surface area contributed by atoms with Gasteiger partial charge in [0, 0.05) is 18.3 Å². The van der Waals surface area contributed by atoms with Gasteiger partial charge in [-0.25, -0.2) is 0 Å². The van der Waals surface area contributed by atoms with Gasteiger partial charge in [0.05, 0.1) is 0 Å². The molecule has 1 aliphatic rings. The fourth-order valence-corrected chi connectivity index (χ4v) is 2.40. The predicted octanol–water partition coefficient (Wildman–Crippen LogP) is 3.47. The molecule has 0 spiro atoms. The Labute approximate surface area is 121 Å². The molecule has 0 radical (unpaired) electrons. The van der Waals surface area contributed by atoms with Crippen molar-refractivity contribution in [2.24, 2.45) is 5.92 Å². The predicted molar refractivity (Wildman–Crippen MR) is 74.8 cm³/mol. The Morgan fingerprint density at radius 1 is 1.38 bits per heavy atom. The van der Waals surface area contributed by atoms with Crippen LogP contribution in [-0.2, 0) is 11.3 Å². The van der Waals surface area contributed by atoms with Gasteiger partial charge in [-0.2, -0.15) is 13.2 Å². The molecule has 1 aromatic rings. The van der Waals surface area contributed by atoms with Crippen molar-refractivity contribution in [1.29, 1.82) is 0 Å². The second-order valence-corrected chi connectivity index (χ2v) is 5.42. The van der Waals surface area contributed by atoms with Crippen LogP contribution in [0.3, 0.4) is 0 Å². The van der Waals surface area contributed by atoms with Crippen LogP contribution in [0, 0.1) is 5.92 Å². The zero-order valence-corrected chi connectivity index (χ0v) is 11.8. The lowest BCUT2D eigenvalue weighted by Gasteiger charge is -2.10. The van der Waals surface area contributed by atoms with Crippen LogP contribution in [0.4, 0.5) is 18.9 Å². The van der Waals surface area contributed by atoms with Crippen LogP contribution in [0.2, 0.25) is 0 Å². The highest BCUT2D eigenvalue weighted by atomic mass is 19.4. The van der Waals surface area contributed by atoms with Crippen LogP contribution < -0.4 is 10.6 Å². The van der Waals surface area contributed by atoms with Crippen molar-refractivity contribution in [2.45, 2.75) is 44.9 Å². The Morgan fingerprint density at radius 3 is 2.81 bits per heavy atom. The largest absolute Gasteiger partial charge is 0.471 e. The maximum absolute atomic E-state index is 12.2. The van der Waals surface area contributed by atoms with Crippen LogP contribution in [0.5, 0.6) is 0 Å². The molecular formula is C15H19F3N2O. The number of rotatable bonds is 6. The number of carbonyl (C=O) groups is 1. The molecule has 2 N–H and O–H groups in total. The number of nitrogens with one attached hydrogen (secondary N) is 2. The maximum Gasteiger partial charge on any atom is 0.471 e. The van der Waals surface area contributed by atoms with Gasteiger partial charge in [-0.05, 0) is 36.5 Å². The van der Waals surface area contributed by atoms with E-state index in [0.29, 0.717) is 12.6 Å². The van der Waals surface area contributed by atoms with Crippen molar-refractivity contribution in [3.05, 3.63) is 29.8 Å². The van der Waals surface area contributed by atoms with E-state index in [1.54, 1.807) is 12.1 Å². The van der Waals surface area contributed by atoms with E-state index in [2.05, 4.69) is 12.2 Å². The van der Waals surface area contributed by atoms with Crippen LogP contribution in [-0.4, -0.2) is 18.1 Å². The van der Waals surface area contributed by atoms with Crippen molar-refractivity contribution in [3.8, 4) is 0 Å². The van der Waals surface area contributed by atoms with Gasteiger partial charge in [0.15, 0.2) is 0 Å². The first-order valence-electron chi connectivity index (χ1n) is 7.10. The SMILES string of the molecule is CCCC1CC1NCc1cccc(NC(=O)C(F)(F)F)c1. The summed E-state index contributed by atoms with van der Waals surface area (Å²) in [6.07, 6.45) is -1.32. The van der Waals surface area contributed by atoms with Crippen molar-refractivity contribution >= 4 is 11.6 Å². The summed E-state index contributed by atoms with van der Waals surface area (Å²) >= 11 is 0. The van der Waals surface area contributed by atoms with Gasteiger partial charge in [0.1, 0.15) is 0 Å². The second kappa shape index (κ2) is 6.47. The molecule has 1 amide bonds. The van der Waals surface area contributed by atoms with Gasteiger partial charge in [0.25, 0.3) is 0 Å². The number of hydrogen-bond acceptors (Lipinski definition) is 2. The lowest BCUT2D eigenvalue weighted by atomic mass is 10.2. The molecule has 21 heavy (non-hydrogen) atoms. The normalized spacial score (nSPS) is 21.1. The third-order valence-corrected chi connectivity index (χ3v) is 3.59. The van der Waals surface area contributed by atoms with Crippen molar-refractivity contribution in [1.82, 2.24) is 5.32 Å². The summed E-state index contributed by atoms with van der Waals surface area (Å²) in [5, 5.41) is 5.25. The van der Waals surface area contributed by atoms with Gasteiger partial charge in [-0.15, -0.1) is 0 Å². The molecule has 2 unspecified atom stereocenters. The summed E-state index contributed by atoms with van der Waals surface area (Å²) in [6, 6.07) is 6.99. The highest BCUT2D eigenvalue weighted by Crippen LogP contribution is 2.34. The number of amides is 1. The van der Waals surface area contributed by atoms with Gasteiger partial charge in [0.2, 0.25) is 0 Å². The van der Waals surface area contributed by atoms with Crippen LogP contribution in [0.15, 0.2) is 24.3 Å². The molecule has 6 heteroatoms. The summed E-state index contributed by atoms with van der Waals surface area (Å²) in [6.45, 7) is 2.75. The zero-order chi connectivity index (χ0) is 15.5. The molecule has 2 rings (SSSR count). The molecule has 1 aliphatic carbocycles. The fourth-order valence-electron chi connectivity index (χ4n) is 2.40. The number of halogens is 3. The topological polar surface area (TPSA) is 41.1 Å². The zero-order valence-electron chi connectivity index (χ0n) is 11.8. The molecule has 0 aromatic heterocycles.